The van der Waals surface area contributed by atoms with Crippen LogP contribution in [0.1, 0.15) is 44.1 Å². The van der Waals surface area contributed by atoms with Gasteiger partial charge in [-0.15, -0.1) is 0 Å². The van der Waals surface area contributed by atoms with Crippen molar-refractivity contribution in [3.63, 3.8) is 0 Å². The van der Waals surface area contributed by atoms with Crippen LogP contribution in [0.2, 0.25) is 0 Å². The minimum atomic E-state index is 0.328. The SMILES string of the molecule is Cc1cc(C)n(C2CN(CC3CCC(=O)N(C(C)C)C3)C2)n1. The minimum Gasteiger partial charge on any atom is -0.340 e. The number of aryl methyl sites for hydroxylation is 2. The molecule has 122 valence electrons. The number of piperidine rings is 1. The summed E-state index contributed by atoms with van der Waals surface area (Å²) in [6.45, 7) is 12.6. The maximum absolute atomic E-state index is 11.9. The third-order valence-electron chi connectivity index (χ3n) is 5.01. The topological polar surface area (TPSA) is 41.4 Å². The highest BCUT2D eigenvalue weighted by Gasteiger charge is 2.34. The molecule has 1 unspecified atom stereocenters. The van der Waals surface area contributed by atoms with E-state index in [1.165, 1.54) is 5.69 Å². The summed E-state index contributed by atoms with van der Waals surface area (Å²) < 4.78 is 2.18. The summed E-state index contributed by atoms with van der Waals surface area (Å²) in [6.07, 6.45) is 1.76. The number of aromatic nitrogens is 2. The Kier molecular flexibility index (Phi) is 4.26. The predicted molar refractivity (Wildman–Crippen MR) is 86.8 cm³/mol. The summed E-state index contributed by atoms with van der Waals surface area (Å²) in [7, 11) is 0. The van der Waals surface area contributed by atoms with Crippen molar-refractivity contribution < 1.29 is 4.79 Å². The third kappa shape index (κ3) is 3.05. The lowest BCUT2D eigenvalue weighted by Crippen LogP contribution is -2.53. The molecule has 0 aromatic carbocycles. The molecule has 0 radical (unpaired) electrons. The fourth-order valence-electron chi connectivity index (χ4n) is 3.82. The summed E-state index contributed by atoms with van der Waals surface area (Å²) in [5.41, 5.74) is 2.37. The Morgan fingerprint density at radius 1 is 1.27 bits per heavy atom. The highest BCUT2D eigenvalue weighted by Crippen LogP contribution is 2.27. The molecule has 0 spiro atoms. The highest BCUT2D eigenvalue weighted by atomic mass is 16.2. The Labute approximate surface area is 133 Å². The molecule has 2 aliphatic rings. The molecule has 2 fully saturated rings. The largest absolute Gasteiger partial charge is 0.340 e. The second kappa shape index (κ2) is 6.03. The number of carbonyl (C=O) groups is 1. The van der Waals surface area contributed by atoms with Crippen LogP contribution in [-0.4, -0.2) is 57.7 Å². The first kappa shape index (κ1) is 15.5. The van der Waals surface area contributed by atoms with Crippen LogP contribution < -0.4 is 0 Å². The molecule has 0 N–H and O–H groups in total. The average Bonchev–Trinajstić information content (AvgIpc) is 2.73. The third-order valence-corrected chi connectivity index (χ3v) is 5.01. The lowest BCUT2D eigenvalue weighted by molar-refractivity contribution is -0.137. The summed E-state index contributed by atoms with van der Waals surface area (Å²) >= 11 is 0. The van der Waals surface area contributed by atoms with Crippen molar-refractivity contribution >= 4 is 5.91 Å². The van der Waals surface area contributed by atoms with Gasteiger partial charge >= 0.3 is 0 Å². The highest BCUT2D eigenvalue weighted by molar-refractivity contribution is 5.77. The van der Waals surface area contributed by atoms with Crippen LogP contribution in [0.25, 0.3) is 0 Å². The molecule has 0 aliphatic carbocycles. The molecule has 5 nitrogen and oxygen atoms in total. The van der Waals surface area contributed by atoms with Crippen LogP contribution in [0.3, 0.4) is 0 Å². The molecular weight excluding hydrogens is 276 g/mol. The Bertz CT molecular complexity index is 545. The monoisotopic (exact) mass is 304 g/mol. The Balaban J connectivity index is 1.50. The van der Waals surface area contributed by atoms with E-state index in [-0.39, 0.29) is 0 Å². The summed E-state index contributed by atoms with van der Waals surface area (Å²) in [4.78, 5) is 16.5. The van der Waals surface area contributed by atoms with Gasteiger partial charge in [0.25, 0.3) is 0 Å². The maximum atomic E-state index is 11.9. The van der Waals surface area contributed by atoms with Gasteiger partial charge < -0.3 is 4.90 Å². The van der Waals surface area contributed by atoms with Crippen molar-refractivity contribution in [3.8, 4) is 0 Å². The zero-order chi connectivity index (χ0) is 15.9. The van der Waals surface area contributed by atoms with Gasteiger partial charge in [-0.25, -0.2) is 0 Å². The molecule has 2 aliphatic heterocycles. The van der Waals surface area contributed by atoms with Crippen LogP contribution in [0.4, 0.5) is 0 Å². The van der Waals surface area contributed by atoms with Gasteiger partial charge in [0.1, 0.15) is 0 Å². The Morgan fingerprint density at radius 2 is 2.00 bits per heavy atom. The lowest BCUT2D eigenvalue weighted by atomic mass is 9.94. The van der Waals surface area contributed by atoms with Crippen LogP contribution in [0, 0.1) is 19.8 Å². The minimum absolute atomic E-state index is 0.328. The lowest BCUT2D eigenvalue weighted by Gasteiger charge is -2.44. The molecule has 1 aromatic heterocycles. The van der Waals surface area contributed by atoms with Crippen molar-refractivity contribution in [2.24, 2.45) is 5.92 Å². The summed E-state index contributed by atoms with van der Waals surface area (Å²) in [5.74, 6) is 0.955. The van der Waals surface area contributed by atoms with Gasteiger partial charge in [-0.1, -0.05) is 0 Å². The van der Waals surface area contributed by atoms with E-state index in [1.54, 1.807) is 0 Å². The predicted octanol–water partition coefficient (Wildman–Crippen LogP) is 2.00. The molecule has 1 amide bonds. The second-order valence-electron chi connectivity index (χ2n) is 7.29. The van der Waals surface area contributed by atoms with Gasteiger partial charge in [0.15, 0.2) is 0 Å². The number of carbonyl (C=O) groups excluding carboxylic acids is 1. The first-order chi connectivity index (χ1) is 10.4. The molecule has 2 saturated heterocycles. The number of likely N-dealkylation sites (tertiary alicyclic amines) is 2. The number of rotatable bonds is 4. The maximum Gasteiger partial charge on any atom is 0.222 e. The van der Waals surface area contributed by atoms with Crippen LogP contribution >= 0.6 is 0 Å². The van der Waals surface area contributed by atoms with Gasteiger partial charge in [-0.2, -0.15) is 5.10 Å². The zero-order valence-corrected chi connectivity index (χ0v) is 14.2. The van der Waals surface area contributed by atoms with Crippen LogP contribution in [0.15, 0.2) is 6.07 Å². The zero-order valence-electron chi connectivity index (χ0n) is 14.2. The molecule has 3 heterocycles. The fourth-order valence-corrected chi connectivity index (χ4v) is 3.82. The molecule has 0 saturated carbocycles. The Hall–Kier alpha value is -1.36. The first-order valence-corrected chi connectivity index (χ1v) is 8.48. The first-order valence-electron chi connectivity index (χ1n) is 8.48. The van der Waals surface area contributed by atoms with Crippen LogP contribution in [-0.2, 0) is 4.79 Å². The van der Waals surface area contributed by atoms with Crippen molar-refractivity contribution in [3.05, 3.63) is 17.5 Å². The second-order valence-corrected chi connectivity index (χ2v) is 7.29. The standard InChI is InChI=1S/C17H28N4O/c1-12(2)20-9-15(5-6-17(20)22)8-19-10-16(11-19)21-14(4)7-13(3)18-21/h7,12,15-16H,5-6,8-11H2,1-4H3. The normalized spacial score (nSPS) is 24.1. The fraction of sp³-hybridized carbons (Fsp3) is 0.765. The van der Waals surface area contributed by atoms with E-state index in [0.29, 0.717) is 23.9 Å². The molecule has 1 aromatic rings. The molecule has 22 heavy (non-hydrogen) atoms. The summed E-state index contributed by atoms with van der Waals surface area (Å²) in [5, 5.41) is 4.60. The van der Waals surface area contributed by atoms with Gasteiger partial charge in [0.05, 0.1) is 11.7 Å². The van der Waals surface area contributed by atoms with Gasteiger partial charge in [0.2, 0.25) is 5.91 Å². The Morgan fingerprint density at radius 3 is 2.59 bits per heavy atom. The summed E-state index contributed by atoms with van der Waals surface area (Å²) in [6, 6.07) is 3.00. The van der Waals surface area contributed by atoms with Crippen molar-refractivity contribution in [2.45, 2.75) is 52.6 Å². The van der Waals surface area contributed by atoms with E-state index in [9.17, 15) is 4.79 Å². The molecular formula is C17H28N4O. The van der Waals surface area contributed by atoms with E-state index >= 15 is 0 Å². The average molecular weight is 304 g/mol. The van der Waals surface area contributed by atoms with Crippen molar-refractivity contribution in [2.75, 3.05) is 26.2 Å². The van der Waals surface area contributed by atoms with Crippen molar-refractivity contribution in [1.29, 1.82) is 0 Å². The number of hydrogen-bond donors (Lipinski definition) is 0. The van der Waals surface area contributed by atoms with E-state index in [0.717, 1.165) is 44.7 Å². The van der Waals surface area contributed by atoms with Gasteiger partial charge in [0, 0.05) is 44.3 Å². The van der Waals surface area contributed by atoms with E-state index in [1.807, 2.05) is 4.90 Å². The van der Waals surface area contributed by atoms with Crippen LogP contribution in [0.5, 0.6) is 0 Å². The molecule has 5 heteroatoms. The van der Waals surface area contributed by atoms with Gasteiger partial charge in [-0.3, -0.25) is 14.4 Å². The number of hydrogen-bond acceptors (Lipinski definition) is 3. The van der Waals surface area contributed by atoms with E-state index in [2.05, 4.69) is 48.4 Å². The number of amides is 1. The molecule has 0 bridgehead atoms. The van der Waals surface area contributed by atoms with Gasteiger partial charge in [-0.05, 0) is 46.1 Å². The molecule has 1 atom stereocenters. The number of nitrogens with zero attached hydrogens (tertiary/aromatic N) is 4. The quantitative estimate of drug-likeness (QED) is 0.854. The van der Waals surface area contributed by atoms with Crippen molar-refractivity contribution in [1.82, 2.24) is 19.6 Å². The van der Waals surface area contributed by atoms with E-state index in [4.69, 9.17) is 0 Å². The molecule has 3 rings (SSSR count). The smallest absolute Gasteiger partial charge is 0.222 e. The van der Waals surface area contributed by atoms with E-state index < -0.39 is 0 Å².